The van der Waals surface area contributed by atoms with Crippen molar-refractivity contribution in [3.8, 4) is 5.75 Å². The lowest BCUT2D eigenvalue weighted by Crippen LogP contribution is -2.16. The first-order valence-electron chi connectivity index (χ1n) is 4.65. The van der Waals surface area contributed by atoms with Gasteiger partial charge >= 0.3 is 0 Å². The molecule has 1 aromatic carbocycles. The zero-order valence-electron chi connectivity index (χ0n) is 8.76. The first kappa shape index (κ1) is 11.9. The van der Waals surface area contributed by atoms with Crippen molar-refractivity contribution in [1.82, 2.24) is 0 Å². The molecule has 1 N–H and O–H groups in total. The van der Waals surface area contributed by atoms with E-state index in [9.17, 15) is 8.78 Å². The van der Waals surface area contributed by atoms with Crippen LogP contribution in [0.2, 0.25) is 0 Å². The molecule has 0 aliphatic rings. The average molecular weight is 216 g/mol. The molecule has 2 nitrogen and oxygen atoms in total. The van der Waals surface area contributed by atoms with Crippen molar-refractivity contribution in [3.05, 3.63) is 29.3 Å². The molecule has 0 fully saturated rings. The number of aliphatic hydroxyl groups excluding tert-OH is 1. The monoisotopic (exact) mass is 216 g/mol. The van der Waals surface area contributed by atoms with E-state index in [1.807, 2.05) is 0 Å². The predicted molar refractivity (Wildman–Crippen MR) is 53.3 cm³/mol. The van der Waals surface area contributed by atoms with Crippen LogP contribution in [0.3, 0.4) is 0 Å². The molecule has 1 aromatic rings. The third-order valence-corrected chi connectivity index (χ3v) is 2.25. The van der Waals surface area contributed by atoms with Crippen molar-refractivity contribution in [3.63, 3.8) is 0 Å². The largest absolute Gasteiger partial charge is 0.497 e. The Balaban J connectivity index is 3.04. The summed E-state index contributed by atoms with van der Waals surface area (Å²) in [6.45, 7) is 1.07. The van der Waals surface area contributed by atoms with Crippen LogP contribution in [-0.2, 0) is 5.92 Å². The molecule has 0 atom stereocenters. The molecule has 0 amide bonds. The summed E-state index contributed by atoms with van der Waals surface area (Å²) in [5, 5.41) is 8.55. The average Bonchev–Trinajstić information content (AvgIpc) is 2.17. The Morgan fingerprint density at radius 1 is 1.40 bits per heavy atom. The lowest BCUT2D eigenvalue weighted by molar-refractivity contribution is -0.0275. The van der Waals surface area contributed by atoms with Crippen molar-refractivity contribution >= 4 is 0 Å². The first-order chi connectivity index (χ1) is 7.01. The van der Waals surface area contributed by atoms with E-state index in [0.717, 1.165) is 0 Å². The van der Waals surface area contributed by atoms with Crippen LogP contribution >= 0.6 is 0 Å². The SMILES string of the molecule is COc1ccc(C(F)(F)CCO)c(C)c1. The molecule has 1 rings (SSSR count). The van der Waals surface area contributed by atoms with Gasteiger partial charge in [-0.2, -0.15) is 0 Å². The predicted octanol–water partition coefficient (Wildman–Crippen LogP) is 2.48. The van der Waals surface area contributed by atoms with Gasteiger partial charge in [-0.1, -0.05) is 0 Å². The third kappa shape index (κ3) is 2.65. The van der Waals surface area contributed by atoms with Crippen molar-refractivity contribution in [2.45, 2.75) is 19.3 Å². The van der Waals surface area contributed by atoms with Gasteiger partial charge in [0.25, 0.3) is 5.92 Å². The lowest BCUT2D eigenvalue weighted by atomic mass is 10.0. The molecular weight excluding hydrogens is 202 g/mol. The van der Waals surface area contributed by atoms with Gasteiger partial charge in [0.2, 0.25) is 0 Å². The number of ether oxygens (including phenoxy) is 1. The van der Waals surface area contributed by atoms with Crippen molar-refractivity contribution in [2.24, 2.45) is 0 Å². The van der Waals surface area contributed by atoms with Crippen LogP contribution in [-0.4, -0.2) is 18.8 Å². The van der Waals surface area contributed by atoms with E-state index >= 15 is 0 Å². The molecule has 0 radical (unpaired) electrons. The minimum absolute atomic E-state index is 0.0580. The Morgan fingerprint density at radius 2 is 2.07 bits per heavy atom. The molecule has 0 unspecified atom stereocenters. The standard InChI is InChI=1S/C11H14F2O2/c1-8-7-9(15-2)3-4-10(8)11(12,13)5-6-14/h3-4,7,14H,5-6H2,1-2H3. The number of rotatable bonds is 4. The van der Waals surface area contributed by atoms with Gasteiger partial charge in [0.1, 0.15) is 5.75 Å². The van der Waals surface area contributed by atoms with Crippen molar-refractivity contribution in [2.75, 3.05) is 13.7 Å². The summed E-state index contributed by atoms with van der Waals surface area (Å²) in [5.41, 5.74) is 0.408. The highest BCUT2D eigenvalue weighted by molar-refractivity contribution is 5.37. The minimum atomic E-state index is -2.98. The highest BCUT2D eigenvalue weighted by atomic mass is 19.3. The maximum absolute atomic E-state index is 13.5. The Bertz CT molecular complexity index is 337. The molecule has 0 aromatic heterocycles. The molecule has 15 heavy (non-hydrogen) atoms. The summed E-state index contributed by atoms with van der Waals surface area (Å²) in [6, 6.07) is 4.39. The van der Waals surface area contributed by atoms with Crippen molar-refractivity contribution < 1.29 is 18.6 Å². The second kappa shape index (κ2) is 4.57. The zero-order chi connectivity index (χ0) is 11.5. The van der Waals surface area contributed by atoms with E-state index in [0.29, 0.717) is 11.3 Å². The minimum Gasteiger partial charge on any atom is -0.497 e. The molecule has 0 saturated heterocycles. The van der Waals surface area contributed by atoms with Gasteiger partial charge in [0.15, 0.2) is 0 Å². The topological polar surface area (TPSA) is 29.5 Å². The Morgan fingerprint density at radius 3 is 2.53 bits per heavy atom. The summed E-state index contributed by atoms with van der Waals surface area (Å²) in [6.07, 6.45) is -0.555. The molecule has 4 heteroatoms. The fourth-order valence-electron chi connectivity index (χ4n) is 1.45. The Hall–Kier alpha value is -1.16. The van der Waals surface area contributed by atoms with Crippen LogP contribution in [0.4, 0.5) is 8.78 Å². The molecule has 0 bridgehead atoms. The highest BCUT2D eigenvalue weighted by Crippen LogP contribution is 2.34. The van der Waals surface area contributed by atoms with Gasteiger partial charge < -0.3 is 9.84 Å². The quantitative estimate of drug-likeness (QED) is 0.837. The van der Waals surface area contributed by atoms with E-state index in [1.54, 1.807) is 13.0 Å². The summed E-state index contributed by atoms with van der Waals surface area (Å²) in [5.74, 6) is -2.43. The normalized spacial score (nSPS) is 11.5. The molecule has 0 aliphatic carbocycles. The van der Waals surface area contributed by atoms with Crippen LogP contribution in [0.1, 0.15) is 17.5 Å². The Labute approximate surface area is 87.5 Å². The van der Waals surface area contributed by atoms with E-state index in [1.165, 1.54) is 19.2 Å². The van der Waals surface area contributed by atoms with Crippen LogP contribution in [0.25, 0.3) is 0 Å². The molecule has 84 valence electrons. The fraction of sp³-hybridized carbons (Fsp3) is 0.455. The second-order valence-corrected chi connectivity index (χ2v) is 3.36. The zero-order valence-corrected chi connectivity index (χ0v) is 8.76. The summed E-state index contributed by atoms with van der Waals surface area (Å²) in [4.78, 5) is 0. The van der Waals surface area contributed by atoms with E-state index < -0.39 is 19.0 Å². The summed E-state index contributed by atoms with van der Waals surface area (Å²) >= 11 is 0. The second-order valence-electron chi connectivity index (χ2n) is 3.36. The molecule has 0 saturated carbocycles. The number of halogens is 2. The van der Waals surface area contributed by atoms with E-state index in [4.69, 9.17) is 9.84 Å². The van der Waals surface area contributed by atoms with Gasteiger partial charge in [-0.3, -0.25) is 0 Å². The number of hydrogen-bond acceptors (Lipinski definition) is 2. The number of hydrogen-bond donors (Lipinski definition) is 1. The van der Waals surface area contributed by atoms with Gasteiger partial charge in [-0.05, 0) is 30.7 Å². The maximum atomic E-state index is 13.5. The lowest BCUT2D eigenvalue weighted by Gasteiger charge is -2.18. The van der Waals surface area contributed by atoms with Crippen LogP contribution in [0.15, 0.2) is 18.2 Å². The van der Waals surface area contributed by atoms with Gasteiger partial charge in [-0.25, -0.2) is 8.78 Å². The highest BCUT2D eigenvalue weighted by Gasteiger charge is 2.32. The number of alkyl halides is 2. The Kier molecular flexibility index (Phi) is 3.63. The van der Waals surface area contributed by atoms with Crippen LogP contribution in [0.5, 0.6) is 5.75 Å². The van der Waals surface area contributed by atoms with Crippen molar-refractivity contribution in [1.29, 1.82) is 0 Å². The molecule has 0 aliphatic heterocycles. The molecule has 0 spiro atoms. The first-order valence-corrected chi connectivity index (χ1v) is 4.65. The van der Waals surface area contributed by atoms with Gasteiger partial charge in [0, 0.05) is 18.6 Å². The molecular formula is C11H14F2O2. The summed E-state index contributed by atoms with van der Waals surface area (Å²) in [7, 11) is 1.49. The molecule has 0 heterocycles. The summed E-state index contributed by atoms with van der Waals surface area (Å²) < 4.78 is 31.8. The van der Waals surface area contributed by atoms with E-state index in [2.05, 4.69) is 0 Å². The fourth-order valence-corrected chi connectivity index (χ4v) is 1.45. The number of benzene rings is 1. The third-order valence-electron chi connectivity index (χ3n) is 2.25. The maximum Gasteiger partial charge on any atom is 0.275 e. The number of aryl methyl sites for hydroxylation is 1. The number of aliphatic hydroxyl groups is 1. The van der Waals surface area contributed by atoms with Gasteiger partial charge in [0.05, 0.1) is 7.11 Å². The van der Waals surface area contributed by atoms with Crippen LogP contribution < -0.4 is 4.74 Å². The van der Waals surface area contributed by atoms with Crippen LogP contribution in [0, 0.1) is 6.92 Å². The van der Waals surface area contributed by atoms with Gasteiger partial charge in [-0.15, -0.1) is 0 Å². The number of methoxy groups -OCH3 is 1. The smallest absolute Gasteiger partial charge is 0.275 e. The van der Waals surface area contributed by atoms with E-state index in [-0.39, 0.29) is 5.56 Å².